The van der Waals surface area contributed by atoms with Crippen LogP contribution in [0.3, 0.4) is 0 Å². The minimum absolute atomic E-state index is 0.0690. The molecule has 0 aliphatic heterocycles. The Labute approximate surface area is 130 Å². The lowest BCUT2D eigenvalue weighted by Crippen LogP contribution is -1.98. The zero-order chi connectivity index (χ0) is 13.6. The van der Waals surface area contributed by atoms with Gasteiger partial charge in [0.25, 0.3) is 0 Å². The standard InChI is InChI=1S/C14H8Br2O2S/c1-7-10-4-8(15)2-3-11(10)18-14(7)13(17)12-5-9(16)6-19-12/h2-6H,1H3. The minimum atomic E-state index is -0.0690. The first-order valence-electron chi connectivity index (χ1n) is 5.53. The molecule has 0 saturated heterocycles. The number of halogens is 2. The molecule has 0 unspecified atom stereocenters. The van der Waals surface area contributed by atoms with Gasteiger partial charge in [-0.1, -0.05) is 15.9 Å². The maximum Gasteiger partial charge on any atom is 0.238 e. The van der Waals surface area contributed by atoms with Crippen molar-refractivity contribution in [3.05, 3.63) is 54.8 Å². The molecular weight excluding hydrogens is 392 g/mol. The van der Waals surface area contributed by atoms with Crippen molar-refractivity contribution in [1.29, 1.82) is 0 Å². The van der Waals surface area contributed by atoms with Gasteiger partial charge in [0.05, 0.1) is 4.88 Å². The summed E-state index contributed by atoms with van der Waals surface area (Å²) in [5.74, 6) is 0.350. The summed E-state index contributed by atoms with van der Waals surface area (Å²) in [7, 11) is 0. The lowest BCUT2D eigenvalue weighted by atomic mass is 10.1. The summed E-state index contributed by atoms with van der Waals surface area (Å²) >= 11 is 8.20. The van der Waals surface area contributed by atoms with Crippen LogP contribution in [0.15, 0.2) is 43.0 Å². The lowest BCUT2D eigenvalue weighted by molar-refractivity contribution is 0.101. The molecule has 96 valence electrons. The molecule has 0 atom stereocenters. The van der Waals surface area contributed by atoms with Crippen LogP contribution in [0.2, 0.25) is 0 Å². The Morgan fingerprint density at radius 3 is 2.68 bits per heavy atom. The monoisotopic (exact) mass is 398 g/mol. The van der Waals surface area contributed by atoms with Crippen molar-refractivity contribution < 1.29 is 9.21 Å². The molecule has 3 rings (SSSR count). The molecule has 0 radical (unpaired) electrons. The fraction of sp³-hybridized carbons (Fsp3) is 0.0714. The van der Waals surface area contributed by atoms with E-state index in [-0.39, 0.29) is 5.78 Å². The quantitative estimate of drug-likeness (QED) is 0.528. The molecule has 0 aliphatic rings. The molecule has 2 aromatic heterocycles. The van der Waals surface area contributed by atoms with Crippen LogP contribution in [0.4, 0.5) is 0 Å². The number of benzene rings is 1. The normalized spacial score (nSPS) is 11.1. The zero-order valence-corrected chi connectivity index (χ0v) is 13.9. The van der Waals surface area contributed by atoms with Crippen LogP contribution in [0.1, 0.15) is 21.0 Å². The Hall–Kier alpha value is -0.910. The Kier molecular flexibility index (Phi) is 3.37. The van der Waals surface area contributed by atoms with E-state index in [1.165, 1.54) is 11.3 Å². The van der Waals surface area contributed by atoms with Gasteiger partial charge < -0.3 is 4.42 Å². The van der Waals surface area contributed by atoms with Crippen molar-refractivity contribution in [2.45, 2.75) is 6.92 Å². The third kappa shape index (κ3) is 2.30. The molecule has 2 heterocycles. The van der Waals surface area contributed by atoms with Crippen LogP contribution in [-0.4, -0.2) is 5.78 Å². The molecule has 0 fully saturated rings. The summed E-state index contributed by atoms with van der Waals surface area (Å²) in [5.41, 5.74) is 1.62. The fourth-order valence-corrected chi connectivity index (χ4v) is 3.68. The molecule has 19 heavy (non-hydrogen) atoms. The van der Waals surface area contributed by atoms with E-state index >= 15 is 0 Å². The van der Waals surface area contributed by atoms with E-state index in [2.05, 4.69) is 31.9 Å². The van der Waals surface area contributed by atoms with E-state index in [9.17, 15) is 4.79 Å². The predicted molar refractivity (Wildman–Crippen MR) is 84.1 cm³/mol. The van der Waals surface area contributed by atoms with E-state index in [1.807, 2.05) is 36.6 Å². The van der Waals surface area contributed by atoms with Crippen LogP contribution in [0, 0.1) is 6.92 Å². The van der Waals surface area contributed by atoms with Crippen LogP contribution >= 0.6 is 43.2 Å². The molecule has 1 aromatic carbocycles. The number of rotatable bonds is 2. The van der Waals surface area contributed by atoms with E-state index in [4.69, 9.17) is 4.42 Å². The molecule has 0 bridgehead atoms. The fourth-order valence-electron chi connectivity index (χ4n) is 1.95. The molecule has 0 aliphatic carbocycles. The molecule has 3 aromatic rings. The highest BCUT2D eigenvalue weighted by molar-refractivity contribution is 9.10. The van der Waals surface area contributed by atoms with Gasteiger partial charge in [-0.25, -0.2) is 0 Å². The average molecular weight is 400 g/mol. The van der Waals surface area contributed by atoms with Crippen molar-refractivity contribution in [1.82, 2.24) is 0 Å². The number of carbonyl (C=O) groups excluding carboxylic acids is 1. The van der Waals surface area contributed by atoms with Gasteiger partial charge in [-0.2, -0.15) is 0 Å². The summed E-state index contributed by atoms with van der Waals surface area (Å²) in [4.78, 5) is 13.1. The number of aryl methyl sites for hydroxylation is 1. The van der Waals surface area contributed by atoms with Crippen LogP contribution < -0.4 is 0 Å². The van der Waals surface area contributed by atoms with Gasteiger partial charge in [0, 0.05) is 25.3 Å². The second-order valence-corrected chi connectivity index (χ2v) is 6.90. The van der Waals surface area contributed by atoms with E-state index in [0.717, 1.165) is 25.5 Å². The number of ketones is 1. The first-order chi connectivity index (χ1) is 9.06. The summed E-state index contributed by atoms with van der Waals surface area (Å²) in [6.07, 6.45) is 0. The number of thiophene rings is 1. The average Bonchev–Trinajstić information content (AvgIpc) is 2.94. The largest absolute Gasteiger partial charge is 0.452 e. The highest BCUT2D eigenvalue weighted by atomic mass is 79.9. The number of carbonyl (C=O) groups is 1. The second kappa shape index (κ2) is 4.89. The number of hydrogen-bond donors (Lipinski definition) is 0. The molecule has 0 spiro atoms. The maximum absolute atomic E-state index is 12.4. The Morgan fingerprint density at radius 2 is 2.00 bits per heavy atom. The Morgan fingerprint density at radius 1 is 1.21 bits per heavy atom. The molecular formula is C14H8Br2O2S. The summed E-state index contributed by atoms with van der Waals surface area (Å²) < 4.78 is 7.59. The maximum atomic E-state index is 12.4. The Balaban J connectivity index is 2.15. The summed E-state index contributed by atoms with van der Waals surface area (Å²) in [5, 5.41) is 2.86. The minimum Gasteiger partial charge on any atom is -0.452 e. The molecule has 2 nitrogen and oxygen atoms in total. The number of fused-ring (bicyclic) bond motifs is 1. The molecule has 0 N–H and O–H groups in total. The molecule has 0 saturated carbocycles. The third-order valence-corrected chi connectivity index (χ3v) is 5.08. The zero-order valence-electron chi connectivity index (χ0n) is 9.87. The van der Waals surface area contributed by atoms with Crippen molar-refractivity contribution in [3.8, 4) is 0 Å². The first-order valence-corrected chi connectivity index (χ1v) is 8.00. The van der Waals surface area contributed by atoms with Crippen molar-refractivity contribution in [2.75, 3.05) is 0 Å². The highest BCUT2D eigenvalue weighted by Crippen LogP contribution is 2.31. The van der Waals surface area contributed by atoms with E-state index < -0.39 is 0 Å². The van der Waals surface area contributed by atoms with Gasteiger partial charge >= 0.3 is 0 Å². The number of hydrogen-bond acceptors (Lipinski definition) is 3. The van der Waals surface area contributed by atoms with Gasteiger partial charge in [0.1, 0.15) is 5.58 Å². The third-order valence-electron chi connectivity index (χ3n) is 2.90. The second-order valence-electron chi connectivity index (χ2n) is 4.15. The van der Waals surface area contributed by atoms with Crippen LogP contribution in [0.5, 0.6) is 0 Å². The molecule has 0 amide bonds. The molecule has 5 heteroatoms. The summed E-state index contributed by atoms with van der Waals surface area (Å²) in [6, 6.07) is 7.56. The van der Waals surface area contributed by atoms with Crippen LogP contribution in [-0.2, 0) is 0 Å². The predicted octanol–water partition coefficient (Wildman–Crippen LogP) is 5.56. The highest BCUT2D eigenvalue weighted by Gasteiger charge is 2.20. The summed E-state index contributed by atoms with van der Waals surface area (Å²) in [6.45, 7) is 1.91. The van der Waals surface area contributed by atoms with Gasteiger partial charge in [0.2, 0.25) is 5.78 Å². The van der Waals surface area contributed by atoms with Gasteiger partial charge in [-0.05, 0) is 47.1 Å². The number of furan rings is 1. The smallest absolute Gasteiger partial charge is 0.238 e. The van der Waals surface area contributed by atoms with Gasteiger partial charge in [-0.3, -0.25) is 4.79 Å². The first kappa shape index (κ1) is 13.1. The van der Waals surface area contributed by atoms with Crippen molar-refractivity contribution >= 4 is 59.9 Å². The van der Waals surface area contributed by atoms with Crippen LogP contribution in [0.25, 0.3) is 11.0 Å². The van der Waals surface area contributed by atoms with Crippen molar-refractivity contribution in [2.24, 2.45) is 0 Å². The van der Waals surface area contributed by atoms with E-state index in [0.29, 0.717) is 10.6 Å². The van der Waals surface area contributed by atoms with Gasteiger partial charge in [0.15, 0.2) is 5.76 Å². The van der Waals surface area contributed by atoms with Crippen molar-refractivity contribution in [3.63, 3.8) is 0 Å². The Bertz CT molecular complexity index is 786. The van der Waals surface area contributed by atoms with Gasteiger partial charge in [-0.15, -0.1) is 11.3 Å². The topological polar surface area (TPSA) is 30.2 Å². The SMILES string of the molecule is Cc1c(C(=O)c2cc(Br)cs2)oc2ccc(Br)cc12. The van der Waals surface area contributed by atoms with E-state index in [1.54, 1.807) is 0 Å². The lowest BCUT2D eigenvalue weighted by Gasteiger charge is -1.94.